The quantitative estimate of drug-likeness (QED) is 0.652. The Kier molecular flexibility index (Phi) is 6.00. The smallest absolute Gasteiger partial charge is 0.337 e. The number of carbonyl (C=O) groups excluding carboxylic acids is 2. The zero-order valence-corrected chi connectivity index (χ0v) is 16.1. The van der Waals surface area contributed by atoms with Crippen molar-refractivity contribution in [3.05, 3.63) is 37.7 Å². The number of benzene rings is 1. The number of methoxy groups -OCH3 is 1. The molecule has 24 heavy (non-hydrogen) atoms. The lowest BCUT2D eigenvalue weighted by atomic mass is 10.2. The standard InChI is InChI=1S/C15H15Br2FN2O4/c1-7-10(18)5-9(16)13(11(7)17)19-12-8(15(23)24-2)6-20(3-4-21)14(12)22/h5,19,21H,3-4,6H2,1-2H3. The molecule has 1 aliphatic rings. The summed E-state index contributed by atoms with van der Waals surface area (Å²) in [5.74, 6) is -1.50. The molecule has 0 spiro atoms. The second-order valence-electron chi connectivity index (χ2n) is 5.07. The number of halogens is 3. The van der Waals surface area contributed by atoms with Gasteiger partial charge >= 0.3 is 5.97 Å². The van der Waals surface area contributed by atoms with E-state index >= 15 is 0 Å². The molecule has 1 aromatic rings. The number of esters is 1. The normalized spacial score (nSPS) is 14.4. The fourth-order valence-electron chi connectivity index (χ4n) is 2.28. The highest BCUT2D eigenvalue weighted by Gasteiger charge is 2.35. The Labute approximate surface area is 154 Å². The van der Waals surface area contributed by atoms with Gasteiger partial charge in [-0.1, -0.05) is 0 Å². The maximum Gasteiger partial charge on any atom is 0.337 e. The minimum atomic E-state index is -0.641. The highest BCUT2D eigenvalue weighted by molar-refractivity contribution is 9.11. The first-order valence-corrected chi connectivity index (χ1v) is 8.53. The fourth-order valence-corrected chi connectivity index (χ4v) is 3.54. The first kappa shape index (κ1) is 18.9. The zero-order valence-electron chi connectivity index (χ0n) is 13.0. The molecule has 1 heterocycles. The molecule has 0 aliphatic carbocycles. The molecule has 0 unspecified atom stereocenters. The van der Waals surface area contributed by atoms with E-state index in [1.165, 1.54) is 18.1 Å². The lowest BCUT2D eigenvalue weighted by Gasteiger charge is -2.16. The molecule has 0 bridgehead atoms. The summed E-state index contributed by atoms with van der Waals surface area (Å²) in [7, 11) is 1.22. The predicted octanol–water partition coefficient (Wildman–Crippen LogP) is 2.33. The molecule has 6 nitrogen and oxygen atoms in total. The van der Waals surface area contributed by atoms with Crippen molar-refractivity contribution in [2.45, 2.75) is 6.92 Å². The first-order valence-electron chi connectivity index (χ1n) is 6.94. The number of ether oxygens (including phenoxy) is 1. The van der Waals surface area contributed by atoms with Crippen molar-refractivity contribution in [1.82, 2.24) is 4.90 Å². The van der Waals surface area contributed by atoms with Crippen LogP contribution in [0, 0.1) is 12.7 Å². The Morgan fingerprint density at radius 3 is 2.75 bits per heavy atom. The van der Waals surface area contributed by atoms with E-state index in [9.17, 15) is 14.0 Å². The molecular weight excluding hydrogens is 451 g/mol. The van der Waals surface area contributed by atoms with E-state index in [0.29, 0.717) is 20.2 Å². The third-order valence-corrected chi connectivity index (χ3v) is 5.22. The van der Waals surface area contributed by atoms with Gasteiger partial charge in [-0.2, -0.15) is 0 Å². The van der Waals surface area contributed by atoms with Gasteiger partial charge in [0.1, 0.15) is 11.5 Å². The molecule has 0 saturated heterocycles. The number of hydrogen-bond donors (Lipinski definition) is 2. The Hall–Kier alpha value is -1.45. The maximum atomic E-state index is 13.8. The Balaban J connectivity index is 2.47. The Morgan fingerprint density at radius 2 is 2.17 bits per heavy atom. The number of nitrogens with zero attached hydrogens (tertiary/aromatic N) is 1. The average molecular weight is 466 g/mol. The summed E-state index contributed by atoms with van der Waals surface area (Å²) in [6, 6.07) is 1.27. The summed E-state index contributed by atoms with van der Waals surface area (Å²) >= 11 is 6.54. The number of carbonyl (C=O) groups is 2. The maximum absolute atomic E-state index is 13.8. The van der Waals surface area contributed by atoms with Gasteiger partial charge in [0.2, 0.25) is 0 Å². The predicted molar refractivity (Wildman–Crippen MR) is 92.9 cm³/mol. The number of nitrogens with one attached hydrogen (secondary N) is 1. The number of anilines is 1. The van der Waals surface area contributed by atoms with Gasteiger partial charge in [-0.25, -0.2) is 9.18 Å². The molecule has 1 aromatic carbocycles. The monoisotopic (exact) mass is 464 g/mol. The van der Waals surface area contributed by atoms with Gasteiger partial charge in [0, 0.05) is 21.1 Å². The minimum absolute atomic E-state index is 0.0316. The van der Waals surface area contributed by atoms with Crippen LogP contribution in [0.1, 0.15) is 5.56 Å². The van der Waals surface area contributed by atoms with Crippen molar-refractivity contribution in [2.75, 3.05) is 32.1 Å². The van der Waals surface area contributed by atoms with Gasteiger partial charge in [-0.05, 0) is 44.8 Å². The second kappa shape index (κ2) is 7.62. The van der Waals surface area contributed by atoms with Crippen molar-refractivity contribution < 1.29 is 23.8 Å². The molecular formula is C15H15Br2FN2O4. The van der Waals surface area contributed by atoms with Gasteiger partial charge in [-0.3, -0.25) is 4.79 Å². The highest BCUT2D eigenvalue weighted by atomic mass is 79.9. The third kappa shape index (κ3) is 3.47. The largest absolute Gasteiger partial charge is 0.466 e. The number of amides is 1. The Morgan fingerprint density at radius 1 is 1.50 bits per heavy atom. The van der Waals surface area contributed by atoms with E-state index in [2.05, 4.69) is 37.2 Å². The summed E-state index contributed by atoms with van der Waals surface area (Å²) in [4.78, 5) is 25.8. The Bertz CT molecular complexity index is 737. The molecule has 9 heteroatoms. The average Bonchev–Trinajstić information content (AvgIpc) is 2.85. The van der Waals surface area contributed by atoms with Gasteiger partial charge in [0.25, 0.3) is 5.91 Å². The first-order chi connectivity index (χ1) is 11.3. The van der Waals surface area contributed by atoms with Crippen LogP contribution in [0.5, 0.6) is 0 Å². The van der Waals surface area contributed by atoms with Gasteiger partial charge in [-0.15, -0.1) is 0 Å². The summed E-state index contributed by atoms with van der Waals surface area (Å²) < 4.78 is 19.3. The van der Waals surface area contributed by atoms with Crippen molar-refractivity contribution in [3.63, 3.8) is 0 Å². The van der Waals surface area contributed by atoms with Crippen LogP contribution in [0.3, 0.4) is 0 Å². The van der Waals surface area contributed by atoms with Crippen LogP contribution >= 0.6 is 31.9 Å². The molecule has 0 fully saturated rings. The lowest BCUT2D eigenvalue weighted by Crippen LogP contribution is -2.31. The SMILES string of the molecule is COC(=O)C1=C(Nc2c(Br)cc(F)c(C)c2Br)C(=O)N(CCO)C1. The van der Waals surface area contributed by atoms with E-state index < -0.39 is 17.7 Å². The topological polar surface area (TPSA) is 78.9 Å². The van der Waals surface area contributed by atoms with Gasteiger partial charge in [0.05, 0.1) is 31.5 Å². The van der Waals surface area contributed by atoms with Crippen LogP contribution in [0.25, 0.3) is 0 Å². The summed E-state index contributed by atoms with van der Waals surface area (Å²) in [6.45, 7) is 1.48. The molecule has 0 saturated carbocycles. The van der Waals surface area contributed by atoms with E-state index in [1.54, 1.807) is 6.92 Å². The van der Waals surface area contributed by atoms with Crippen LogP contribution in [-0.2, 0) is 14.3 Å². The summed E-state index contributed by atoms with van der Waals surface area (Å²) in [5.41, 5.74) is 0.975. The van der Waals surface area contributed by atoms with E-state index in [4.69, 9.17) is 9.84 Å². The lowest BCUT2D eigenvalue weighted by molar-refractivity contribution is -0.136. The number of hydrogen-bond acceptors (Lipinski definition) is 5. The summed E-state index contributed by atoms with van der Waals surface area (Å²) in [5, 5.41) is 11.9. The molecule has 2 rings (SSSR count). The minimum Gasteiger partial charge on any atom is -0.466 e. The van der Waals surface area contributed by atoms with Crippen molar-refractivity contribution >= 4 is 49.4 Å². The zero-order chi connectivity index (χ0) is 18.0. The van der Waals surface area contributed by atoms with Crippen LogP contribution in [-0.4, -0.2) is 48.7 Å². The number of rotatable bonds is 5. The van der Waals surface area contributed by atoms with Crippen molar-refractivity contribution in [2.24, 2.45) is 0 Å². The molecule has 1 amide bonds. The van der Waals surface area contributed by atoms with Crippen LogP contribution in [0.4, 0.5) is 10.1 Å². The second-order valence-corrected chi connectivity index (χ2v) is 6.72. The summed E-state index contributed by atoms with van der Waals surface area (Å²) in [6.07, 6.45) is 0. The van der Waals surface area contributed by atoms with Crippen LogP contribution in [0.2, 0.25) is 0 Å². The van der Waals surface area contributed by atoms with Gasteiger partial charge in [0.15, 0.2) is 0 Å². The molecule has 1 aliphatic heterocycles. The van der Waals surface area contributed by atoms with E-state index in [-0.39, 0.29) is 31.0 Å². The van der Waals surface area contributed by atoms with E-state index in [0.717, 1.165) is 0 Å². The van der Waals surface area contributed by atoms with Crippen LogP contribution in [0.15, 0.2) is 26.3 Å². The molecule has 0 atom stereocenters. The third-order valence-electron chi connectivity index (χ3n) is 3.60. The number of aliphatic hydroxyl groups excluding tert-OH is 1. The van der Waals surface area contributed by atoms with Gasteiger partial charge < -0.3 is 20.1 Å². The van der Waals surface area contributed by atoms with Crippen molar-refractivity contribution in [3.8, 4) is 0 Å². The highest BCUT2D eigenvalue weighted by Crippen LogP contribution is 2.37. The molecule has 130 valence electrons. The van der Waals surface area contributed by atoms with Crippen molar-refractivity contribution in [1.29, 1.82) is 0 Å². The van der Waals surface area contributed by atoms with Crippen LogP contribution < -0.4 is 5.32 Å². The fraction of sp³-hybridized carbons (Fsp3) is 0.333. The molecule has 2 N–H and O–H groups in total. The number of β-amino-alcohol motifs (C(OH)–C–C–N with tert-alkyl or cyclic N) is 1. The van der Waals surface area contributed by atoms with E-state index in [1.807, 2.05) is 0 Å². The molecule has 0 radical (unpaired) electrons. The number of aliphatic hydroxyl groups is 1. The molecule has 0 aromatic heterocycles.